The zero-order chi connectivity index (χ0) is 15.5. The summed E-state index contributed by atoms with van der Waals surface area (Å²) >= 11 is 0. The van der Waals surface area contributed by atoms with Crippen LogP contribution in [-0.2, 0) is 10.2 Å². The number of rotatable bonds is 6. The minimum Gasteiger partial charge on any atom is -0.481 e. The van der Waals surface area contributed by atoms with E-state index in [1.807, 2.05) is 0 Å². The number of carboxylic acid groups (broad SMARTS) is 1. The highest BCUT2D eigenvalue weighted by molar-refractivity contribution is 5.75. The van der Waals surface area contributed by atoms with E-state index in [-0.39, 0.29) is 30.2 Å². The van der Waals surface area contributed by atoms with Crippen LogP contribution < -0.4 is 5.32 Å². The number of carbonyl (C=O) groups is 2. The van der Waals surface area contributed by atoms with Crippen LogP contribution in [0.2, 0.25) is 0 Å². The first-order chi connectivity index (χ1) is 9.93. The molecule has 0 radical (unpaired) electrons. The number of carboxylic acids is 1. The fraction of sp³-hybridized carbons (Fsp3) is 0.467. The van der Waals surface area contributed by atoms with Crippen LogP contribution in [0.5, 0.6) is 0 Å². The molecule has 1 aliphatic carbocycles. The maximum absolute atomic E-state index is 12.9. The number of carbonyl (C=O) groups excluding carboxylic acids is 1. The van der Waals surface area contributed by atoms with Crippen molar-refractivity contribution in [3.63, 3.8) is 0 Å². The number of hydrogen-bond donors (Lipinski definition) is 2. The first kappa shape index (κ1) is 15.3. The normalized spacial score (nSPS) is 15.3. The second-order valence-corrected chi connectivity index (χ2v) is 5.51. The van der Waals surface area contributed by atoms with Gasteiger partial charge in [0.05, 0.1) is 6.42 Å². The molecule has 0 aromatic heterocycles. The predicted molar refractivity (Wildman–Crippen MR) is 75.6 cm³/mol. The maximum Gasteiger partial charge on any atom is 0.317 e. The van der Waals surface area contributed by atoms with Crippen LogP contribution in [0.25, 0.3) is 0 Å². The Morgan fingerprint density at radius 1 is 1.33 bits per heavy atom. The van der Waals surface area contributed by atoms with Crippen LogP contribution in [-0.4, -0.2) is 42.1 Å². The third-order valence-corrected chi connectivity index (χ3v) is 3.90. The third-order valence-electron chi connectivity index (χ3n) is 3.90. The molecule has 2 rings (SSSR count). The monoisotopic (exact) mass is 294 g/mol. The molecule has 0 unspecified atom stereocenters. The zero-order valence-electron chi connectivity index (χ0n) is 11.9. The van der Waals surface area contributed by atoms with E-state index in [1.54, 1.807) is 19.2 Å². The number of aliphatic carboxylic acids is 1. The predicted octanol–water partition coefficient (Wildman–Crippen LogP) is 1.97. The first-order valence-electron chi connectivity index (χ1n) is 6.90. The smallest absolute Gasteiger partial charge is 0.317 e. The lowest BCUT2D eigenvalue weighted by atomic mass is 9.96. The molecule has 114 valence electrons. The van der Waals surface area contributed by atoms with Crippen LogP contribution in [0.4, 0.5) is 9.18 Å². The molecular formula is C15H19FN2O3. The number of halogens is 1. The summed E-state index contributed by atoms with van der Waals surface area (Å²) in [7, 11) is 1.57. The van der Waals surface area contributed by atoms with Gasteiger partial charge in [-0.2, -0.15) is 0 Å². The van der Waals surface area contributed by atoms with Gasteiger partial charge >= 0.3 is 12.0 Å². The molecule has 0 spiro atoms. The van der Waals surface area contributed by atoms with Crippen molar-refractivity contribution in [2.24, 2.45) is 0 Å². The molecule has 1 saturated carbocycles. The van der Waals surface area contributed by atoms with Gasteiger partial charge in [-0.1, -0.05) is 12.1 Å². The first-order valence-corrected chi connectivity index (χ1v) is 6.90. The summed E-state index contributed by atoms with van der Waals surface area (Å²) < 4.78 is 12.9. The molecule has 0 atom stereocenters. The average molecular weight is 294 g/mol. The van der Waals surface area contributed by atoms with E-state index in [9.17, 15) is 14.0 Å². The van der Waals surface area contributed by atoms with Crippen LogP contribution in [0.15, 0.2) is 24.3 Å². The molecular weight excluding hydrogens is 275 g/mol. The van der Waals surface area contributed by atoms with Crippen LogP contribution in [0.3, 0.4) is 0 Å². The molecule has 0 aliphatic heterocycles. The van der Waals surface area contributed by atoms with Gasteiger partial charge in [0.15, 0.2) is 0 Å². The molecule has 2 amide bonds. The average Bonchev–Trinajstić information content (AvgIpc) is 3.24. The Labute approximate surface area is 122 Å². The minimum absolute atomic E-state index is 0.0764. The fourth-order valence-electron chi connectivity index (χ4n) is 2.27. The van der Waals surface area contributed by atoms with Gasteiger partial charge in [-0.25, -0.2) is 9.18 Å². The van der Waals surface area contributed by atoms with Gasteiger partial charge in [0, 0.05) is 25.6 Å². The Morgan fingerprint density at radius 3 is 2.48 bits per heavy atom. The molecule has 21 heavy (non-hydrogen) atoms. The quantitative estimate of drug-likeness (QED) is 0.843. The Bertz CT molecular complexity index is 526. The van der Waals surface area contributed by atoms with E-state index in [4.69, 9.17) is 5.11 Å². The van der Waals surface area contributed by atoms with Crippen molar-refractivity contribution < 1.29 is 19.1 Å². The van der Waals surface area contributed by atoms with Gasteiger partial charge in [0.25, 0.3) is 0 Å². The number of benzene rings is 1. The van der Waals surface area contributed by atoms with E-state index >= 15 is 0 Å². The third kappa shape index (κ3) is 3.93. The summed E-state index contributed by atoms with van der Waals surface area (Å²) in [6.45, 7) is 0.652. The Morgan fingerprint density at radius 2 is 1.95 bits per heavy atom. The topological polar surface area (TPSA) is 69.6 Å². The molecule has 5 nitrogen and oxygen atoms in total. The molecule has 1 aromatic carbocycles. The van der Waals surface area contributed by atoms with E-state index in [2.05, 4.69) is 5.32 Å². The largest absolute Gasteiger partial charge is 0.481 e. The summed E-state index contributed by atoms with van der Waals surface area (Å²) in [6, 6.07) is 6.07. The highest BCUT2D eigenvalue weighted by atomic mass is 19.1. The van der Waals surface area contributed by atoms with Crippen molar-refractivity contribution in [1.29, 1.82) is 0 Å². The van der Waals surface area contributed by atoms with Crippen molar-refractivity contribution in [3.8, 4) is 0 Å². The van der Waals surface area contributed by atoms with Gasteiger partial charge in [-0.05, 0) is 30.5 Å². The van der Waals surface area contributed by atoms with Crippen LogP contribution in [0.1, 0.15) is 24.8 Å². The van der Waals surface area contributed by atoms with Crippen molar-refractivity contribution in [2.75, 3.05) is 20.1 Å². The van der Waals surface area contributed by atoms with Gasteiger partial charge in [-0.3, -0.25) is 4.79 Å². The lowest BCUT2D eigenvalue weighted by molar-refractivity contribution is -0.137. The molecule has 6 heteroatoms. The molecule has 1 fully saturated rings. The SMILES string of the molecule is CN(CCC(=O)O)C(=O)NCC1(c2ccc(F)cc2)CC1. The van der Waals surface area contributed by atoms with E-state index in [0.29, 0.717) is 6.54 Å². The van der Waals surface area contributed by atoms with E-state index in [0.717, 1.165) is 18.4 Å². The van der Waals surface area contributed by atoms with Crippen molar-refractivity contribution in [1.82, 2.24) is 10.2 Å². The number of hydrogen-bond acceptors (Lipinski definition) is 2. The standard InChI is InChI=1S/C15H19FN2O3/c1-18(9-6-13(19)20)14(21)17-10-15(7-8-15)11-2-4-12(16)5-3-11/h2-5H,6-10H2,1H3,(H,17,21)(H,19,20). The number of amides is 2. The van der Waals surface area contributed by atoms with Gasteiger partial charge in [-0.15, -0.1) is 0 Å². The van der Waals surface area contributed by atoms with Gasteiger partial charge in [0.1, 0.15) is 5.82 Å². The van der Waals surface area contributed by atoms with Gasteiger partial charge < -0.3 is 15.3 Å². The van der Waals surface area contributed by atoms with Crippen LogP contribution in [0, 0.1) is 5.82 Å². The molecule has 1 aliphatic rings. The van der Waals surface area contributed by atoms with E-state index < -0.39 is 5.97 Å². The Hall–Kier alpha value is -2.11. The molecule has 2 N–H and O–H groups in total. The maximum atomic E-state index is 12.9. The van der Waals surface area contributed by atoms with Crippen LogP contribution >= 0.6 is 0 Å². The highest BCUT2D eigenvalue weighted by Crippen LogP contribution is 2.47. The highest BCUT2D eigenvalue weighted by Gasteiger charge is 2.44. The van der Waals surface area contributed by atoms with Crippen molar-refractivity contribution >= 4 is 12.0 Å². The molecule has 0 heterocycles. The Balaban J connectivity index is 1.86. The second-order valence-electron chi connectivity index (χ2n) is 5.51. The zero-order valence-corrected chi connectivity index (χ0v) is 11.9. The summed E-state index contributed by atoms with van der Waals surface area (Å²) in [5, 5.41) is 11.4. The molecule has 1 aromatic rings. The van der Waals surface area contributed by atoms with Crippen molar-refractivity contribution in [3.05, 3.63) is 35.6 Å². The lowest BCUT2D eigenvalue weighted by Crippen LogP contribution is -2.41. The summed E-state index contributed by atoms with van der Waals surface area (Å²) in [6.07, 6.45) is 1.84. The summed E-state index contributed by atoms with van der Waals surface area (Å²) in [4.78, 5) is 23.7. The summed E-state index contributed by atoms with van der Waals surface area (Å²) in [5.74, 6) is -1.20. The second kappa shape index (κ2) is 6.11. The van der Waals surface area contributed by atoms with E-state index in [1.165, 1.54) is 17.0 Å². The number of urea groups is 1. The van der Waals surface area contributed by atoms with Crippen molar-refractivity contribution in [2.45, 2.75) is 24.7 Å². The number of nitrogens with one attached hydrogen (secondary N) is 1. The minimum atomic E-state index is -0.931. The summed E-state index contributed by atoms with van der Waals surface area (Å²) in [5.41, 5.74) is 0.925. The molecule has 0 saturated heterocycles. The fourth-order valence-corrected chi connectivity index (χ4v) is 2.27. The lowest BCUT2D eigenvalue weighted by Gasteiger charge is -2.21. The number of nitrogens with zero attached hydrogens (tertiary/aromatic N) is 1. The van der Waals surface area contributed by atoms with Gasteiger partial charge in [0.2, 0.25) is 0 Å². The molecule has 0 bridgehead atoms. The Kier molecular flexibility index (Phi) is 4.45.